The van der Waals surface area contributed by atoms with Gasteiger partial charge in [0.05, 0.1) is 23.2 Å². The lowest BCUT2D eigenvalue weighted by Crippen LogP contribution is -2.20. The van der Waals surface area contributed by atoms with E-state index in [0.717, 1.165) is 5.56 Å². The summed E-state index contributed by atoms with van der Waals surface area (Å²) in [6.45, 7) is 1.64. The van der Waals surface area contributed by atoms with Crippen molar-refractivity contribution in [3.8, 4) is 11.4 Å². The topological polar surface area (TPSA) is 75.3 Å². The van der Waals surface area contributed by atoms with Crippen molar-refractivity contribution in [2.45, 2.75) is 13.5 Å². The number of nitrogens with zero attached hydrogens (tertiary/aromatic N) is 2. The highest BCUT2D eigenvalue weighted by Crippen LogP contribution is 2.21. The second kappa shape index (κ2) is 5.03. The maximum absolute atomic E-state index is 12.6. The van der Waals surface area contributed by atoms with E-state index in [0.29, 0.717) is 22.2 Å². The fraction of sp³-hybridized carbons (Fsp3) is 0.125. The van der Waals surface area contributed by atoms with Crippen LogP contribution in [0.1, 0.15) is 11.1 Å². The van der Waals surface area contributed by atoms with Crippen LogP contribution in [-0.4, -0.2) is 19.8 Å². The van der Waals surface area contributed by atoms with Crippen molar-refractivity contribution >= 4 is 10.9 Å². The van der Waals surface area contributed by atoms with Crippen LogP contribution in [0.25, 0.3) is 16.6 Å². The van der Waals surface area contributed by atoms with Gasteiger partial charge in [-0.15, -0.1) is 0 Å². The van der Waals surface area contributed by atoms with Gasteiger partial charge in [0.2, 0.25) is 0 Å². The van der Waals surface area contributed by atoms with Gasteiger partial charge in [0, 0.05) is 6.07 Å². The highest BCUT2D eigenvalue weighted by molar-refractivity contribution is 5.83. The van der Waals surface area contributed by atoms with Crippen LogP contribution in [-0.2, 0) is 6.61 Å². The minimum absolute atomic E-state index is 0.0217. The molecule has 2 aromatic carbocycles. The lowest BCUT2D eigenvalue weighted by Gasteiger charge is -2.09. The Morgan fingerprint density at radius 3 is 2.57 bits per heavy atom. The molecule has 0 atom stereocenters. The molecule has 0 aliphatic carbocycles. The van der Waals surface area contributed by atoms with Crippen LogP contribution < -0.4 is 5.56 Å². The number of hydrogen-bond donors (Lipinski definition) is 2. The number of aliphatic hydroxyl groups excluding tert-OH is 1. The Morgan fingerprint density at radius 2 is 1.90 bits per heavy atom. The van der Waals surface area contributed by atoms with Gasteiger partial charge in [-0.2, -0.15) is 0 Å². The molecule has 3 aromatic rings. The number of aromatic hydroxyl groups is 1. The maximum atomic E-state index is 12.6. The quantitative estimate of drug-likeness (QED) is 0.752. The number of hydrogen-bond acceptors (Lipinski definition) is 4. The molecule has 0 aliphatic rings. The highest BCUT2D eigenvalue weighted by Gasteiger charge is 2.11. The third-order valence-electron chi connectivity index (χ3n) is 3.41. The zero-order chi connectivity index (χ0) is 15.0. The van der Waals surface area contributed by atoms with Gasteiger partial charge < -0.3 is 10.2 Å². The number of phenols is 1. The van der Waals surface area contributed by atoms with Gasteiger partial charge >= 0.3 is 0 Å². The van der Waals surface area contributed by atoms with Gasteiger partial charge in [-0.1, -0.05) is 17.7 Å². The Bertz CT molecular complexity index is 867. The van der Waals surface area contributed by atoms with Gasteiger partial charge in [0.15, 0.2) is 0 Å². The Labute approximate surface area is 120 Å². The van der Waals surface area contributed by atoms with Crippen LogP contribution in [0.15, 0.2) is 47.5 Å². The van der Waals surface area contributed by atoms with Crippen molar-refractivity contribution in [3.05, 3.63) is 64.2 Å². The lowest BCUT2D eigenvalue weighted by atomic mass is 10.1. The Kier molecular flexibility index (Phi) is 3.19. The molecule has 0 spiro atoms. The van der Waals surface area contributed by atoms with Crippen molar-refractivity contribution < 1.29 is 10.2 Å². The predicted molar refractivity (Wildman–Crippen MR) is 79.7 cm³/mol. The van der Waals surface area contributed by atoms with Crippen molar-refractivity contribution in [1.82, 2.24) is 9.55 Å². The van der Waals surface area contributed by atoms with E-state index in [-0.39, 0.29) is 17.9 Å². The first kappa shape index (κ1) is 13.3. The molecule has 3 rings (SSSR count). The van der Waals surface area contributed by atoms with Crippen LogP contribution in [0.2, 0.25) is 0 Å². The molecule has 0 saturated heterocycles. The molecule has 106 valence electrons. The number of aliphatic hydroxyl groups is 1. The summed E-state index contributed by atoms with van der Waals surface area (Å²) in [4.78, 5) is 16.8. The van der Waals surface area contributed by atoms with E-state index in [4.69, 9.17) is 0 Å². The number of phenolic OH excluding ortho intramolecular Hbond substituents is 1. The molecule has 0 aliphatic heterocycles. The molecule has 2 N–H and O–H groups in total. The third kappa shape index (κ3) is 2.28. The molecule has 0 bridgehead atoms. The molecule has 0 amide bonds. The number of fused-ring (bicyclic) bond motifs is 1. The first-order valence-corrected chi connectivity index (χ1v) is 6.51. The van der Waals surface area contributed by atoms with Gasteiger partial charge in [0.1, 0.15) is 12.1 Å². The average molecular weight is 282 g/mol. The molecule has 5 heteroatoms. The van der Waals surface area contributed by atoms with E-state index in [1.54, 1.807) is 0 Å². The summed E-state index contributed by atoms with van der Waals surface area (Å²) in [6, 6.07) is 10.3. The second-order valence-corrected chi connectivity index (χ2v) is 4.91. The second-order valence-electron chi connectivity index (χ2n) is 4.91. The minimum Gasteiger partial charge on any atom is -0.508 e. The smallest absolute Gasteiger partial charge is 0.266 e. The predicted octanol–water partition coefficient (Wildman–Crippen LogP) is 1.89. The Morgan fingerprint density at radius 1 is 1.19 bits per heavy atom. The number of rotatable bonds is 2. The summed E-state index contributed by atoms with van der Waals surface area (Å²) in [6.07, 6.45) is 1.43. The Balaban J connectivity index is 2.32. The van der Waals surface area contributed by atoms with E-state index in [2.05, 4.69) is 4.98 Å². The van der Waals surface area contributed by atoms with Gasteiger partial charge in [-0.3, -0.25) is 9.36 Å². The molecular formula is C16H14N2O3. The fourth-order valence-electron chi connectivity index (χ4n) is 2.32. The molecule has 0 saturated carbocycles. The fourth-order valence-corrected chi connectivity index (χ4v) is 2.32. The Hall–Kier alpha value is -2.66. The summed E-state index contributed by atoms with van der Waals surface area (Å²) in [7, 11) is 0. The number of aromatic nitrogens is 2. The average Bonchev–Trinajstić information content (AvgIpc) is 2.48. The number of aryl methyl sites for hydroxylation is 1. The number of benzene rings is 2. The van der Waals surface area contributed by atoms with Crippen molar-refractivity contribution in [1.29, 1.82) is 0 Å². The SMILES string of the molecule is Cc1ccc(-n2cnc3cc(O)cc(CO)c3c2=O)cc1. The van der Waals surface area contributed by atoms with Crippen LogP contribution in [0.5, 0.6) is 5.75 Å². The van der Waals surface area contributed by atoms with Gasteiger partial charge in [-0.25, -0.2) is 4.98 Å². The molecule has 21 heavy (non-hydrogen) atoms. The summed E-state index contributed by atoms with van der Waals surface area (Å²) in [5.74, 6) is -0.0217. The van der Waals surface area contributed by atoms with E-state index < -0.39 is 0 Å². The van der Waals surface area contributed by atoms with E-state index in [1.165, 1.54) is 23.0 Å². The largest absolute Gasteiger partial charge is 0.508 e. The normalized spacial score (nSPS) is 11.0. The molecule has 0 fully saturated rings. The van der Waals surface area contributed by atoms with Crippen molar-refractivity contribution in [2.75, 3.05) is 0 Å². The van der Waals surface area contributed by atoms with Crippen LogP contribution in [0.4, 0.5) is 0 Å². The molecule has 0 radical (unpaired) electrons. The zero-order valence-corrected chi connectivity index (χ0v) is 11.4. The van der Waals surface area contributed by atoms with Crippen LogP contribution in [0.3, 0.4) is 0 Å². The van der Waals surface area contributed by atoms with Crippen molar-refractivity contribution in [3.63, 3.8) is 0 Å². The monoisotopic (exact) mass is 282 g/mol. The first-order valence-electron chi connectivity index (χ1n) is 6.51. The maximum Gasteiger partial charge on any atom is 0.266 e. The molecular weight excluding hydrogens is 268 g/mol. The van der Waals surface area contributed by atoms with Gasteiger partial charge in [-0.05, 0) is 30.7 Å². The summed E-state index contributed by atoms with van der Waals surface area (Å²) >= 11 is 0. The minimum atomic E-state index is -0.334. The van der Waals surface area contributed by atoms with Crippen molar-refractivity contribution in [2.24, 2.45) is 0 Å². The molecule has 0 unspecified atom stereocenters. The molecule has 1 aromatic heterocycles. The zero-order valence-electron chi connectivity index (χ0n) is 11.4. The standard InChI is InChI=1S/C16H14N2O3/c1-10-2-4-12(5-3-10)18-9-17-14-7-13(20)6-11(8-19)15(14)16(18)21/h2-7,9,19-20H,8H2,1H3. The van der Waals surface area contributed by atoms with E-state index >= 15 is 0 Å². The highest BCUT2D eigenvalue weighted by atomic mass is 16.3. The molecule has 1 heterocycles. The van der Waals surface area contributed by atoms with E-state index in [9.17, 15) is 15.0 Å². The third-order valence-corrected chi connectivity index (χ3v) is 3.41. The summed E-state index contributed by atoms with van der Waals surface area (Å²) < 4.78 is 1.43. The molecule has 5 nitrogen and oxygen atoms in total. The lowest BCUT2D eigenvalue weighted by molar-refractivity contribution is 0.282. The summed E-state index contributed by atoms with van der Waals surface area (Å²) in [5.41, 5.74) is 2.27. The van der Waals surface area contributed by atoms with Crippen LogP contribution >= 0.6 is 0 Å². The van der Waals surface area contributed by atoms with E-state index in [1.807, 2.05) is 31.2 Å². The van der Waals surface area contributed by atoms with Crippen LogP contribution in [0, 0.1) is 6.92 Å². The summed E-state index contributed by atoms with van der Waals surface area (Å²) in [5, 5.41) is 19.3. The first-order chi connectivity index (χ1) is 10.1. The van der Waals surface area contributed by atoms with Gasteiger partial charge in [0.25, 0.3) is 5.56 Å².